The van der Waals surface area contributed by atoms with Gasteiger partial charge in [0, 0.05) is 11.8 Å². The fourth-order valence-corrected chi connectivity index (χ4v) is 2.08. The Morgan fingerprint density at radius 3 is 2.67 bits per heavy atom. The normalized spacial score (nSPS) is 10.2. The number of ether oxygens (including phenoxy) is 2. The highest BCUT2D eigenvalue weighted by molar-refractivity contribution is 5.91. The number of amides is 1. The first-order valence-corrected chi connectivity index (χ1v) is 7.26. The number of nitrogens with one attached hydrogen (secondary N) is 1. The molecule has 0 saturated heterocycles. The Kier molecular flexibility index (Phi) is 4.71. The molecule has 0 aliphatic heterocycles. The molecule has 1 aromatic heterocycles. The predicted octanol–water partition coefficient (Wildman–Crippen LogP) is 2.29. The summed E-state index contributed by atoms with van der Waals surface area (Å²) in [7, 11) is 1.58. The molecule has 0 aliphatic carbocycles. The lowest BCUT2D eigenvalue weighted by Gasteiger charge is -2.09. The van der Waals surface area contributed by atoms with E-state index in [1.165, 1.54) is 6.33 Å². The summed E-state index contributed by atoms with van der Waals surface area (Å²) in [5.41, 5.74) is 1.54. The van der Waals surface area contributed by atoms with Crippen LogP contribution in [0.5, 0.6) is 11.5 Å². The maximum absolute atomic E-state index is 12.0. The number of carbonyl (C=O) groups excluding carboxylic acids is 1. The zero-order valence-electron chi connectivity index (χ0n) is 13.0. The SMILES string of the molecule is COc1cccc(OCC(=O)Nc2ccc(-n3cncn3)cc2)c1. The molecule has 1 N–H and O–H groups in total. The van der Waals surface area contributed by atoms with Gasteiger partial charge in [-0.1, -0.05) is 6.07 Å². The monoisotopic (exact) mass is 324 g/mol. The van der Waals surface area contributed by atoms with Gasteiger partial charge in [0.15, 0.2) is 6.61 Å². The van der Waals surface area contributed by atoms with Crippen molar-refractivity contribution < 1.29 is 14.3 Å². The van der Waals surface area contributed by atoms with Gasteiger partial charge in [-0.15, -0.1) is 0 Å². The van der Waals surface area contributed by atoms with Crippen molar-refractivity contribution in [3.63, 3.8) is 0 Å². The summed E-state index contributed by atoms with van der Waals surface area (Å²) < 4.78 is 12.2. The van der Waals surface area contributed by atoms with E-state index in [0.29, 0.717) is 17.2 Å². The maximum Gasteiger partial charge on any atom is 0.262 e. The quantitative estimate of drug-likeness (QED) is 0.753. The molecule has 1 heterocycles. The molecule has 0 spiro atoms. The van der Waals surface area contributed by atoms with Gasteiger partial charge < -0.3 is 14.8 Å². The molecule has 2 aromatic carbocycles. The highest BCUT2D eigenvalue weighted by atomic mass is 16.5. The predicted molar refractivity (Wildman–Crippen MR) is 88.5 cm³/mol. The number of benzene rings is 2. The highest BCUT2D eigenvalue weighted by Crippen LogP contribution is 2.19. The Morgan fingerprint density at radius 2 is 1.96 bits per heavy atom. The second kappa shape index (κ2) is 7.28. The molecule has 0 aliphatic rings. The van der Waals surface area contributed by atoms with Crippen molar-refractivity contribution in [2.45, 2.75) is 0 Å². The van der Waals surface area contributed by atoms with Crippen molar-refractivity contribution in [3.05, 3.63) is 61.2 Å². The third-order valence-electron chi connectivity index (χ3n) is 3.25. The first-order valence-electron chi connectivity index (χ1n) is 7.26. The lowest BCUT2D eigenvalue weighted by atomic mass is 10.3. The molecule has 0 atom stereocenters. The van der Waals surface area contributed by atoms with Gasteiger partial charge in [-0.3, -0.25) is 4.79 Å². The first-order chi connectivity index (χ1) is 11.7. The largest absolute Gasteiger partial charge is 0.497 e. The summed E-state index contributed by atoms with van der Waals surface area (Å²) >= 11 is 0. The Hall–Kier alpha value is -3.35. The van der Waals surface area contributed by atoms with Crippen molar-refractivity contribution in [3.8, 4) is 17.2 Å². The van der Waals surface area contributed by atoms with Gasteiger partial charge in [-0.2, -0.15) is 5.10 Å². The van der Waals surface area contributed by atoms with Crippen LogP contribution in [0.4, 0.5) is 5.69 Å². The molecule has 7 nitrogen and oxygen atoms in total. The molecule has 0 unspecified atom stereocenters. The molecule has 3 aromatic rings. The van der Waals surface area contributed by atoms with E-state index < -0.39 is 0 Å². The summed E-state index contributed by atoms with van der Waals surface area (Å²) in [6.07, 6.45) is 3.07. The van der Waals surface area contributed by atoms with E-state index in [0.717, 1.165) is 5.69 Å². The molecule has 0 saturated carbocycles. The van der Waals surface area contributed by atoms with Crippen LogP contribution in [-0.4, -0.2) is 34.4 Å². The van der Waals surface area contributed by atoms with Crippen LogP contribution in [0.1, 0.15) is 0 Å². The van der Waals surface area contributed by atoms with E-state index >= 15 is 0 Å². The van der Waals surface area contributed by atoms with Crippen LogP contribution in [0.25, 0.3) is 5.69 Å². The molecule has 7 heteroatoms. The summed E-state index contributed by atoms with van der Waals surface area (Å²) in [4.78, 5) is 15.9. The van der Waals surface area contributed by atoms with Crippen LogP contribution in [0.3, 0.4) is 0 Å². The average molecular weight is 324 g/mol. The van der Waals surface area contributed by atoms with Gasteiger partial charge in [-0.25, -0.2) is 9.67 Å². The van der Waals surface area contributed by atoms with Crippen LogP contribution < -0.4 is 14.8 Å². The second-order valence-corrected chi connectivity index (χ2v) is 4.90. The van der Waals surface area contributed by atoms with Crippen molar-refractivity contribution in [1.29, 1.82) is 0 Å². The van der Waals surface area contributed by atoms with Crippen molar-refractivity contribution >= 4 is 11.6 Å². The Balaban J connectivity index is 1.54. The minimum absolute atomic E-state index is 0.0853. The summed E-state index contributed by atoms with van der Waals surface area (Å²) in [5.74, 6) is 1.01. The van der Waals surface area contributed by atoms with E-state index in [1.807, 2.05) is 18.2 Å². The molecular formula is C17H16N4O3. The Bertz CT molecular complexity index is 801. The van der Waals surface area contributed by atoms with Gasteiger partial charge in [0.05, 0.1) is 12.8 Å². The zero-order chi connectivity index (χ0) is 16.8. The van der Waals surface area contributed by atoms with Crippen LogP contribution in [0.15, 0.2) is 61.2 Å². The molecule has 0 fully saturated rings. The number of carbonyl (C=O) groups is 1. The number of hydrogen-bond donors (Lipinski definition) is 1. The number of rotatable bonds is 6. The highest BCUT2D eigenvalue weighted by Gasteiger charge is 2.05. The smallest absolute Gasteiger partial charge is 0.262 e. The number of aromatic nitrogens is 3. The second-order valence-electron chi connectivity index (χ2n) is 4.90. The third kappa shape index (κ3) is 3.89. The zero-order valence-corrected chi connectivity index (χ0v) is 13.0. The molecule has 24 heavy (non-hydrogen) atoms. The van der Waals surface area contributed by atoms with Crippen LogP contribution in [-0.2, 0) is 4.79 Å². The number of hydrogen-bond acceptors (Lipinski definition) is 5. The van der Waals surface area contributed by atoms with Gasteiger partial charge in [-0.05, 0) is 36.4 Å². The number of methoxy groups -OCH3 is 1. The lowest BCUT2D eigenvalue weighted by molar-refractivity contribution is -0.118. The van der Waals surface area contributed by atoms with E-state index in [-0.39, 0.29) is 12.5 Å². The first kappa shape index (κ1) is 15.5. The minimum Gasteiger partial charge on any atom is -0.497 e. The Labute approximate surface area is 138 Å². The number of nitrogens with zero attached hydrogens (tertiary/aromatic N) is 3. The van der Waals surface area contributed by atoms with E-state index in [2.05, 4.69) is 15.4 Å². The van der Waals surface area contributed by atoms with Crippen LogP contribution in [0, 0.1) is 0 Å². The molecular weight excluding hydrogens is 308 g/mol. The standard InChI is InChI=1S/C17H16N4O3/c1-23-15-3-2-4-16(9-15)24-10-17(22)20-13-5-7-14(8-6-13)21-12-18-11-19-21/h2-9,11-12H,10H2,1H3,(H,20,22). The fraction of sp³-hybridized carbons (Fsp3) is 0.118. The fourth-order valence-electron chi connectivity index (χ4n) is 2.08. The van der Waals surface area contributed by atoms with Gasteiger partial charge >= 0.3 is 0 Å². The van der Waals surface area contributed by atoms with Crippen LogP contribution in [0.2, 0.25) is 0 Å². The van der Waals surface area contributed by atoms with E-state index in [4.69, 9.17) is 9.47 Å². The summed E-state index contributed by atoms with van der Waals surface area (Å²) in [5, 5.41) is 6.81. The van der Waals surface area contributed by atoms with Gasteiger partial charge in [0.1, 0.15) is 24.2 Å². The number of anilines is 1. The van der Waals surface area contributed by atoms with Crippen molar-refractivity contribution in [2.24, 2.45) is 0 Å². The minimum atomic E-state index is -0.244. The lowest BCUT2D eigenvalue weighted by Crippen LogP contribution is -2.20. The van der Waals surface area contributed by atoms with Crippen molar-refractivity contribution in [2.75, 3.05) is 19.0 Å². The molecule has 122 valence electrons. The van der Waals surface area contributed by atoms with Gasteiger partial charge in [0.25, 0.3) is 5.91 Å². The molecule has 3 rings (SSSR count). The van der Waals surface area contributed by atoms with Crippen molar-refractivity contribution in [1.82, 2.24) is 14.8 Å². The molecule has 0 bridgehead atoms. The maximum atomic E-state index is 12.0. The van der Waals surface area contributed by atoms with E-state index in [9.17, 15) is 4.79 Å². The topological polar surface area (TPSA) is 78.3 Å². The Morgan fingerprint density at radius 1 is 1.17 bits per heavy atom. The average Bonchev–Trinajstić information content (AvgIpc) is 3.15. The summed E-state index contributed by atoms with van der Waals surface area (Å²) in [6, 6.07) is 14.4. The van der Waals surface area contributed by atoms with Crippen LogP contribution >= 0.6 is 0 Å². The third-order valence-corrected chi connectivity index (χ3v) is 3.25. The molecule has 1 amide bonds. The van der Waals surface area contributed by atoms with Gasteiger partial charge in [0.2, 0.25) is 0 Å². The summed E-state index contributed by atoms with van der Waals surface area (Å²) in [6.45, 7) is -0.0853. The van der Waals surface area contributed by atoms with E-state index in [1.54, 1.807) is 48.5 Å². The molecule has 0 radical (unpaired) electrons.